The van der Waals surface area contributed by atoms with Crippen LogP contribution < -0.4 is 20.1 Å². The Labute approximate surface area is 391 Å². The van der Waals surface area contributed by atoms with E-state index in [-0.39, 0.29) is 11.8 Å². The number of ether oxygens (including phenoxy) is 2. The number of hydrogen-bond acceptors (Lipinski definition) is 6. The molecule has 11 rings (SSSR count). The fourth-order valence-corrected chi connectivity index (χ4v) is 9.66. The number of aromatic amines is 2. The maximum atomic E-state index is 12.8. The average molecular weight is 889 g/mol. The fourth-order valence-electron chi connectivity index (χ4n) is 9.66. The lowest BCUT2D eigenvalue weighted by atomic mass is 9.96. The topological polar surface area (TPSA) is 134 Å². The molecular weight excluding hydrogens is 845 g/mol. The number of benzene rings is 6. The zero-order valence-electron chi connectivity index (χ0n) is 37.7. The van der Waals surface area contributed by atoms with Crippen LogP contribution in [0.25, 0.3) is 112 Å². The fraction of sp³-hybridized carbons (Fsp3) is 0.0690. The maximum Gasteiger partial charge on any atom is 0.221 e. The number of carbonyl (C=O) groups is 2. The van der Waals surface area contributed by atoms with E-state index in [0.717, 1.165) is 88.1 Å². The normalized spacial score (nSPS) is 11.8. The molecule has 10 heteroatoms. The monoisotopic (exact) mass is 888 g/mol. The van der Waals surface area contributed by atoms with Gasteiger partial charge in [-0.2, -0.15) is 0 Å². The van der Waals surface area contributed by atoms with Gasteiger partial charge >= 0.3 is 0 Å². The molecule has 330 valence electrons. The Balaban J connectivity index is 1.37. The van der Waals surface area contributed by atoms with E-state index in [1.165, 1.54) is 13.8 Å². The number of para-hydroxylation sites is 2. The molecule has 0 unspecified atom stereocenters. The summed E-state index contributed by atoms with van der Waals surface area (Å²) in [4.78, 5) is 44.3. The number of carbonyl (C=O) groups excluding carboxylic acids is 2. The number of fused-ring (bicyclic) bond motifs is 10. The number of hydrogen-bond donors (Lipinski definition) is 4. The molecule has 5 heterocycles. The zero-order valence-corrected chi connectivity index (χ0v) is 37.7. The summed E-state index contributed by atoms with van der Waals surface area (Å²) in [6.07, 6.45) is 8.13. The molecule has 0 aliphatic carbocycles. The maximum absolute atomic E-state index is 12.8. The van der Waals surface area contributed by atoms with Gasteiger partial charge in [-0.3, -0.25) is 9.59 Å². The van der Waals surface area contributed by atoms with Crippen LogP contribution in [0.1, 0.15) is 36.6 Å². The van der Waals surface area contributed by atoms with Gasteiger partial charge in [0, 0.05) is 91.8 Å². The van der Waals surface area contributed by atoms with Crippen LogP contribution in [0.15, 0.2) is 146 Å². The van der Waals surface area contributed by atoms with Gasteiger partial charge in [0.2, 0.25) is 11.8 Å². The van der Waals surface area contributed by atoms with Crippen molar-refractivity contribution in [3.63, 3.8) is 0 Å². The minimum Gasteiger partial charge on any atom is -0.496 e. The highest BCUT2D eigenvalue weighted by atomic mass is 16.5. The molecular formula is C58H44N6O4. The Morgan fingerprint density at radius 3 is 1.16 bits per heavy atom. The van der Waals surface area contributed by atoms with Gasteiger partial charge in [0.25, 0.3) is 0 Å². The Kier molecular flexibility index (Phi) is 10.5. The molecule has 2 aliphatic rings. The summed E-state index contributed by atoms with van der Waals surface area (Å²) < 4.78 is 12.4. The molecule has 68 heavy (non-hydrogen) atoms. The molecule has 0 atom stereocenters. The number of methoxy groups -OCH3 is 2. The van der Waals surface area contributed by atoms with Gasteiger partial charge < -0.3 is 30.1 Å². The largest absolute Gasteiger partial charge is 0.496 e. The Hall–Kier alpha value is -9.02. The van der Waals surface area contributed by atoms with E-state index in [0.29, 0.717) is 45.6 Å². The van der Waals surface area contributed by atoms with Crippen molar-refractivity contribution in [2.75, 3.05) is 24.9 Å². The summed E-state index contributed by atoms with van der Waals surface area (Å²) in [6.45, 7) is 3.02. The van der Waals surface area contributed by atoms with Crippen LogP contribution in [0.4, 0.5) is 11.4 Å². The summed E-state index contributed by atoms with van der Waals surface area (Å²) >= 11 is 0. The molecule has 0 fully saturated rings. The van der Waals surface area contributed by atoms with Crippen LogP contribution in [-0.2, 0) is 9.59 Å². The molecule has 0 radical (unpaired) electrons. The van der Waals surface area contributed by atoms with Gasteiger partial charge in [0.15, 0.2) is 0 Å². The zero-order chi connectivity index (χ0) is 46.5. The molecule has 0 spiro atoms. The van der Waals surface area contributed by atoms with E-state index in [4.69, 9.17) is 19.4 Å². The summed E-state index contributed by atoms with van der Waals surface area (Å²) in [6, 6.07) is 48.4. The van der Waals surface area contributed by atoms with E-state index >= 15 is 0 Å². The van der Waals surface area contributed by atoms with Crippen molar-refractivity contribution in [3.05, 3.63) is 168 Å². The first-order valence-corrected chi connectivity index (χ1v) is 22.3. The van der Waals surface area contributed by atoms with Crippen LogP contribution in [0, 0.1) is 0 Å². The van der Waals surface area contributed by atoms with Crippen molar-refractivity contribution in [3.8, 4) is 56.0 Å². The minimum atomic E-state index is -0.191. The van der Waals surface area contributed by atoms with E-state index < -0.39 is 0 Å². The second kappa shape index (κ2) is 17.1. The summed E-state index contributed by atoms with van der Waals surface area (Å²) in [5, 5.41) is 10.2. The Morgan fingerprint density at radius 1 is 0.412 bits per heavy atom. The van der Waals surface area contributed by atoms with Crippen molar-refractivity contribution in [1.29, 1.82) is 0 Å². The van der Waals surface area contributed by atoms with Crippen molar-refractivity contribution in [2.45, 2.75) is 13.8 Å². The third-order valence-corrected chi connectivity index (χ3v) is 12.5. The third-order valence-electron chi connectivity index (χ3n) is 12.5. The second-order valence-electron chi connectivity index (χ2n) is 16.7. The summed E-state index contributed by atoms with van der Waals surface area (Å²) in [5.74, 6) is 0.974. The lowest BCUT2D eigenvalue weighted by Crippen LogP contribution is -2.07. The van der Waals surface area contributed by atoms with E-state index in [9.17, 15) is 9.59 Å². The van der Waals surface area contributed by atoms with Gasteiger partial charge in [0.1, 0.15) is 11.5 Å². The first-order valence-electron chi connectivity index (χ1n) is 22.3. The van der Waals surface area contributed by atoms with Gasteiger partial charge in [0.05, 0.1) is 37.0 Å². The number of amides is 2. The quantitative estimate of drug-likeness (QED) is 0.120. The summed E-state index contributed by atoms with van der Waals surface area (Å²) in [7, 11) is 3.37. The van der Waals surface area contributed by atoms with Crippen LogP contribution >= 0.6 is 0 Å². The van der Waals surface area contributed by atoms with Crippen LogP contribution in [0.2, 0.25) is 0 Å². The highest BCUT2D eigenvalue weighted by Crippen LogP contribution is 2.46. The van der Waals surface area contributed by atoms with Crippen LogP contribution in [0.3, 0.4) is 0 Å². The molecule has 0 saturated heterocycles. The lowest BCUT2D eigenvalue weighted by Gasteiger charge is -2.14. The predicted molar refractivity (Wildman–Crippen MR) is 277 cm³/mol. The van der Waals surface area contributed by atoms with Crippen molar-refractivity contribution < 1.29 is 19.1 Å². The molecule has 2 amide bonds. The third kappa shape index (κ3) is 7.25. The molecule has 2 aliphatic heterocycles. The van der Waals surface area contributed by atoms with Crippen molar-refractivity contribution in [2.24, 2.45) is 0 Å². The van der Waals surface area contributed by atoms with Crippen LogP contribution in [-0.4, -0.2) is 46.0 Å². The van der Waals surface area contributed by atoms with Gasteiger partial charge in [-0.1, -0.05) is 97.1 Å². The molecule has 6 aromatic carbocycles. The molecule has 3 aromatic heterocycles. The van der Waals surface area contributed by atoms with E-state index in [1.54, 1.807) is 14.2 Å². The van der Waals surface area contributed by atoms with Crippen LogP contribution in [0.5, 0.6) is 11.5 Å². The molecule has 0 saturated carbocycles. The highest BCUT2D eigenvalue weighted by Gasteiger charge is 2.24. The van der Waals surface area contributed by atoms with E-state index in [1.807, 2.05) is 109 Å². The summed E-state index contributed by atoms with van der Waals surface area (Å²) in [5.41, 5.74) is 13.6. The van der Waals surface area contributed by atoms with Crippen molar-refractivity contribution in [1.82, 2.24) is 19.9 Å². The van der Waals surface area contributed by atoms with E-state index in [2.05, 4.69) is 81.3 Å². The number of aromatic nitrogens is 4. The SMILES string of the molecule is COc1ccc2ccccc2c1-c1c2nc(c(-c3ccccc3NC(C)=O)c3ccc([nH]3)c(-c3c(OC)ccc4ccccc34)c3nc(c(-c4ccccc4NC(C)=O)c4ccc1[nH]4)C=C3)C=C2. The first kappa shape index (κ1) is 41.7. The number of nitrogens with one attached hydrogen (secondary N) is 4. The highest BCUT2D eigenvalue weighted by molar-refractivity contribution is 6.10. The van der Waals surface area contributed by atoms with Gasteiger partial charge in [-0.05, 0) is 94.4 Å². The van der Waals surface area contributed by atoms with Gasteiger partial charge in [-0.25, -0.2) is 9.97 Å². The average Bonchev–Trinajstić information content (AvgIpc) is 4.21. The smallest absolute Gasteiger partial charge is 0.221 e. The standard InChI is InChI=1S/C58H44N6O4/c1-33(65)59-41-19-11-9-17-39(41)53-43-23-27-47(61-43)57(55-37-15-7-5-13-35(37)21-31-51(55)67-3)49-29-25-45(63-49)54(40-18-10-12-20-42(40)60-34(2)66)46-26-30-50(64-46)58(48-28-24-44(53)62-48)56-38-16-8-6-14-36(38)22-32-52(56)68-4/h5-32,61,64H,1-4H3,(H,59,65)(H,60,66). The number of rotatable bonds is 8. The molecule has 10 nitrogen and oxygen atoms in total. The molecule has 9 aromatic rings. The molecule has 4 N–H and O–H groups in total. The molecule has 8 bridgehead atoms. The number of H-pyrrole nitrogens is 2. The number of nitrogens with zero attached hydrogens (tertiary/aromatic N) is 2. The minimum absolute atomic E-state index is 0.191. The number of anilines is 2. The van der Waals surface area contributed by atoms with Gasteiger partial charge in [-0.15, -0.1) is 0 Å². The Bertz CT molecular complexity index is 3550. The van der Waals surface area contributed by atoms with Crippen molar-refractivity contribution >= 4 is 91.1 Å². The lowest BCUT2D eigenvalue weighted by molar-refractivity contribution is -0.115. The second-order valence-corrected chi connectivity index (χ2v) is 16.7. The Morgan fingerprint density at radius 2 is 0.765 bits per heavy atom. The predicted octanol–water partition coefficient (Wildman–Crippen LogP) is 13.6. The first-order chi connectivity index (χ1) is 33.3.